The third kappa shape index (κ3) is 4.97. The van der Waals surface area contributed by atoms with Crippen molar-refractivity contribution in [3.8, 4) is 0 Å². The highest BCUT2D eigenvalue weighted by atomic mass is 32.2. The molecule has 2 aliphatic heterocycles. The standard InChI is InChI=1S/C17H24N2O3S2/c20-17(13-23-16-6-11-24(21,22)14-16)19-9-7-18(8-10-19)12-15-4-2-1-3-5-15/h1-5,16H,6-14H2/t16-/m0/s1. The molecule has 1 atom stereocenters. The Bertz CT molecular complexity index is 656. The van der Waals surface area contributed by atoms with Gasteiger partial charge in [0.2, 0.25) is 5.91 Å². The number of piperazine rings is 1. The van der Waals surface area contributed by atoms with Crippen LogP contribution in [0.5, 0.6) is 0 Å². The van der Waals surface area contributed by atoms with Crippen molar-refractivity contribution in [1.29, 1.82) is 0 Å². The predicted molar refractivity (Wildman–Crippen MR) is 97.8 cm³/mol. The van der Waals surface area contributed by atoms with Gasteiger partial charge in [-0.3, -0.25) is 9.69 Å². The molecule has 0 radical (unpaired) electrons. The molecular weight excluding hydrogens is 344 g/mol. The second kappa shape index (κ2) is 7.89. The zero-order chi connectivity index (χ0) is 17.0. The Kier molecular flexibility index (Phi) is 5.84. The van der Waals surface area contributed by atoms with Crippen LogP contribution >= 0.6 is 11.8 Å². The highest BCUT2D eigenvalue weighted by molar-refractivity contribution is 8.02. The first-order valence-corrected chi connectivity index (χ1v) is 11.2. The van der Waals surface area contributed by atoms with Crippen LogP contribution in [-0.4, -0.2) is 72.8 Å². The first kappa shape index (κ1) is 17.8. The van der Waals surface area contributed by atoms with Gasteiger partial charge >= 0.3 is 0 Å². The molecule has 0 aromatic heterocycles. The van der Waals surface area contributed by atoms with E-state index in [0.717, 1.165) is 32.7 Å². The second-order valence-corrected chi connectivity index (χ2v) is 10.00. The molecule has 0 N–H and O–H groups in total. The van der Waals surface area contributed by atoms with Crippen LogP contribution in [-0.2, 0) is 21.2 Å². The lowest BCUT2D eigenvalue weighted by atomic mass is 10.2. The summed E-state index contributed by atoms with van der Waals surface area (Å²) in [6, 6.07) is 10.4. The summed E-state index contributed by atoms with van der Waals surface area (Å²) in [7, 11) is -2.86. The van der Waals surface area contributed by atoms with Crippen LogP contribution in [0.3, 0.4) is 0 Å². The molecule has 1 aromatic rings. The lowest BCUT2D eigenvalue weighted by molar-refractivity contribution is -0.130. The van der Waals surface area contributed by atoms with E-state index in [4.69, 9.17) is 0 Å². The Labute approximate surface area is 148 Å². The van der Waals surface area contributed by atoms with E-state index in [1.54, 1.807) is 0 Å². The Morgan fingerprint density at radius 2 is 1.83 bits per heavy atom. The summed E-state index contributed by atoms with van der Waals surface area (Å²) in [5.41, 5.74) is 1.30. The summed E-state index contributed by atoms with van der Waals surface area (Å²) in [4.78, 5) is 16.6. The van der Waals surface area contributed by atoms with Gasteiger partial charge in [0.05, 0.1) is 17.3 Å². The van der Waals surface area contributed by atoms with Gasteiger partial charge in [0.1, 0.15) is 0 Å². The molecule has 0 unspecified atom stereocenters. The lowest BCUT2D eigenvalue weighted by Gasteiger charge is -2.34. The summed E-state index contributed by atoms with van der Waals surface area (Å²) in [5, 5.41) is 0.0957. The summed E-state index contributed by atoms with van der Waals surface area (Å²) < 4.78 is 22.9. The normalized spacial score (nSPS) is 24.2. The van der Waals surface area contributed by atoms with Crippen molar-refractivity contribution in [2.24, 2.45) is 0 Å². The maximum absolute atomic E-state index is 12.3. The molecule has 0 bridgehead atoms. The average Bonchev–Trinajstić information content (AvgIpc) is 2.93. The van der Waals surface area contributed by atoms with Gasteiger partial charge in [-0.15, -0.1) is 11.8 Å². The van der Waals surface area contributed by atoms with Crippen LogP contribution < -0.4 is 0 Å². The number of sulfone groups is 1. The van der Waals surface area contributed by atoms with E-state index < -0.39 is 9.84 Å². The van der Waals surface area contributed by atoms with E-state index in [9.17, 15) is 13.2 Å². The van der Waals surface area contributed by atoms with Gasteiger partial charge in [0, 0.05) is 38.0 Å². The van der Waals surface area contributed by atoms with Crippen LogP contribution in [0.1, 0.15) is 12.0 Å². The Morgan fingerprint density at radius 1 is 1.12 bits per heavy atom. The number of hydrogen-bond acceptors (Lipinski definition) is 5. The third-order valence-electron chi connectivity index (χ3n) is 4.61. The number of nitrogens with zero attached hydrogens (tertiary/aromatic N) is 2. The van der Waals surface area contributed by atoms with Gasteiger partial charge in [-0.25, -0.2) is 8.42 Å². The van der Waals surface area contributed by atoms with E-state index in [1.165, 1.54) is 17.3 Å². The van der Waals surface area contributed by atoms with Gasteiger partial charge in [-0.2, -0.15) is 0 Å². The molecule has 2 fully saturated rings. The van der Waals surface area contributed by atoms with Gasteiger partial charge < -0.3 is 4.90 Å². The van der Waals surface area contributed by atoms with E-state index in [-0.39, 0.29) is 22.7 Å². The van der Waals surface area contributed by atoms with Crippen molar-refractivity contribution in [3.05, 3.63) is 35.9 Å². The van der Waals surface area contributed by atoms with E-state index in [1.807, 2.05) is 11.0 Å². The zero-order valence-corrected chi connectivity index (χ0v) is 15.4. The largest absolute Gasteiger partial charge is 0.339 e. The molecule has 0 spiro atoms. The topological polar surface area (TPSA) is 57.7 Å². The molecular formula is C17H24N2O3S2. The monoisotopic (exact) mass is 368 g/mol. The first-order valence-electron chi connectivity index (χ1n) is 8.38. The molecule has 1 aromatic carbocycles. The third-order valence-corrected chi connectivity index (χ3v) is 7.87. The molecule has 3 rings (SSSR count). The Morgan fingerprint density at radius 3 is 2.46 bits per heavy atom. The zero-order valence-electron chi connectivity index (χ0n) is 13.8. The Balaban J connectivity index is 1.39. The molecule has 1 amide bonds. The highest BCUT2D eigenvalue weighted by Gasteiger charge is 2.29. The fraction of sp³-hybridized carbons (Fsp3) is 0.588. The average molecular weight is 369 g/mol. The molecule has 2 saturated heterocycles. The van der Waals surface area contributed by atoms with Crippen molar-refractivity contribution in [2.75, 3.05) is 43.4 Å². The number of hydrogen-bond donors (Lipinski definition) is 0. The van der Waals surface area contributed by atoms with Crippen LogP contribution in [0.2, 0.25) is 0 Å². The number of carbonyl (C=O) groups excluding carboxylic acids is 1. The van der Waals surface area contributed by atoms with Crippen LogP contribution in [0, 0.1) is 0 Å². The van der Waals surface area contributed by atoms with Crippen molar-refractivity contribution >= 4 is 27.5 Å². The highest BCUT2D eigenvalue weighted by Crippen LogP contribution is 2.24. The predicted octanol–water partition coefficient (Wildman–Crippen LogP) is 1.25. The van der Waals surface area contributed by atoms with Crippen molar-refractivity contribution in [3.63, 3.8) is 0 Å². The number of carbonyl (C=O) groups is 1. The molecule has 2 heterocycles. The summed E-state index contributed by atoms with van der Waals surface area (Å²) >= 11 is 1.51. The maximum Gasteiger partial charge on any atom is 0.232 e. The van der Waals surface area contributed by atoms with Gasteiger partial charge in [-0.05, 0) is 12.0 Å². The minimum Gasteiger partial charge on any atom is -0.339 e. The minimum absolute atomic E-state index is 0.0957. The quantitative estimate of drug-likeness (QED) is 0.783. The van der Waals surface area contributed by atoms with Gasteiger partial charge in [0.25, 0.3) is 0 Å². The molecule has 2 aliphatic rings. The summed E-state index contributed by atoms with van der Waals surface area (Å²) in [6.45, 7) is 4.23. The van der Waals surface area contributed by atoms with E-state index in [2.05, 4.69) is 29.2 Å². The first-order chi connectivity index (χ1) is 11.5. The number of thioether (sulfide) groups is 1. The van der Waals surface area contributed by atoms with E-state index in [0.29, 0.717) is 12.2 Å². The molecule has 132 valence electrons. The van der Waals surface area contributed by atoms with Crippen LogP contribution in [0.4, 0.5) is 0 Å². The number of benzene rings is 1. The fourth-order valence-electron chi connectivity index (χ4n) is 3.17. The van der Waals surface area contributed by atoms with E-state index >= 15 is 0 Å². The molecule has 0 saturated carbocycles. The summed E-state index contributed by atoms with van der Waals surface area (Å²) in [6.07, 6.45) is 0.686. The smallest absolute Gasteiger partial charge is 0.232 e. The molecule has 24 heavy (non-hydrogen) atoms. The van der Waals surface area contributed by atoms with Crippen molar-refractivity contribution < 1.29 is 13.2 Å². The lowest BCUT2D eigenvalue weighted by Crippen LogP contribution is -2.48. The minimum atomic E-state index is -2.86. The molecule has 0 aliphatic carbocycles. The summed E-state index contributed by atoms with van der Waals surface area (Å²) in [5.74, 6) is 1.05. The van der Waals surface area contributed by atoms with Gasteiger partial charge in [-0.1, -0.05) is 30.3 Å². The Hall–Kier alpha value is -1.05. The maximum atomic E-state index is 12.3. The van der Waals surface area contributed by atoms with Crippen molar-refractivity contribution in [1.82, 2.24) is 9.80 Å². The van der Waals surface area contributed by atoms with Crippen LogP contribution in [0.25, 0.3) is 0 Å². The SMILES string of the molecule is O=C(CS[C@H]1CCS(=O)(=O)C1)N1CCN(Cc2ccccc2)CC1. The van der Waals surface area contributed by atoms with Crippen LogP contribution in [0.15, 0.2) is 30.3 Å². The molecule has 5 nitrogen and oxygen atoms in total. The fourth-order valence-corrected chi connectivity index (χ4v) is 6.71. The van der Waals surface area contributed by atoms with Crippen molar-refractivity contribution in [2.45, 2.75) is 18.2 Å². The number of rotatable bonds is 5. The molecule has 7 heteroatoms. The van der Waals surface area contributed by atoms with Gasteiger partial charge in [0.15, 0.2) is 9.84 Å². The number of amides is 1. The second-order valence-electron chi connectivity index (χ2n) is 6.48.